The van der Waals surface area contributed by atoms with Crippen molar-refractivity contribution < 1.29 is 23.6 Å². The van der Waals surface area contributed by atoms with Gasteiger partial charge in [-0.2, -0.15) is 0 Å². The Morgan fingerprint density at radius 2 is 1.84 bits per heavy atom. The van der Waals surface area contributed by atoms with Crippen LogP contribution in [0.4, 0.5) is 4.79 Å². The number of imide groups is 1. The predicted molar refractivity (Wildman–Crippen MR) is 115 cm³/mol. The van der Waals surface area contributed by atoms with E-state index in [9.17, 15) is 14.4 Å². The van der Waals surface area contributed by atoms with E-state index in [1.807, 2.05) is 6.92 Å². The smallest absolute Gasteiger partial charge is 0.325 e. The molecule has 1 aliphatic rings. The van der Waals surface area contributed by atoms with Crippen molar-refractivity contribution in [1.82, 2.24) is 19.9 Å². The summed E-state index contributed by atoms with van der Waals surface area (Å²) in [5.74, 6) is 1.03. The third kappa shape index (κ3) is 3.35. The average molecular weight is 436 g/mol. The van der Waals surface area contributed by atoms with Gasteiger partial charge in [0, 0.05) is 23.0 Å². The van der Waals surface area contributed by atoms with Gasteiger partial charge >= 0.3 is 6.03 Å². The Bertz CT molecular complexity index is 1220. The first-order valence-electron chi connectivity index (χ1n) is 10.1. The molecule has 0 radical (unpaired) electrons. The Kier molecular flexibility index (Phi) is 5.12. The van der Waals surface area contributed by atoms with Crippen LogP contribution in [0.2, 0.25) is 0 Å². The Hall–Kier alpha value is -3.88. The number of Topliss-reactive ketones (excluding diaryl/α,β-unsaturated/α-hetero) is 1. The van der Waals surface area contributed by atoms with Gasteiger partial charge in [0.15, 0.2) is 11.6 Å². The minimum Gasteiger partial charge on any atom is -0.497 e. The first-order valence-corrected chi connectivity index (χ1v) is 10.1. The summed E-state index contributed by atoms with van der Waals surface area (Å²) in [7, 11) is 1.55. The lowest BCUT2D eigenvalue weighted by atomic mass is 9.92. The fraction of sp³-hybridized carbons (Fsp3) is 0.304. The Labute approximate surface area is 184 Å². The standard InChI is InChI=1S/C23H24N4O5/c1-13-10-18(15(3)27(13)20-11-14(2)32-25-20)19(28)12-26-21(29)23(4,24-22(26)30)16-6-8-17(31-5)9-7-16/h6-11H,12H2,1-5H3,(H,24,30). The molecule has 1 atom stereocenters. The Balaban J connectivity index is 1.59. The van der Waals surface area contributed by atoms with Crippen LogP contribution in [0.3, 0.4) is 0 Å². The monoisotopic (exact) mass is 436 g/mol. The van der Waals surface area contributed by atoms with Crippen LogP contribution in [0, 0.1) is 20.8 Å². The largest absolute Gasteiger partial charge is 0.497 e. The van der Waals surface area contributed by atoms with Crippen molar-refractivity contribution >= 4 is 17.7 Å². The molecule has 1 aromatic carbocycles. The van der Waals surface area contributed by atoms with E-state index >= 15 is 0 Å². The highest BCUT2D eigenvalue weighted by Crippen LogP contribution is 2.30. The molecule has 1 N–H and O–H groups in total. The summed E-state index contributed by atoms with van der Waals surface area (Å²) in [6.07, 6.45) is 0. The topological polar surface area (TPSA) is 107 Å². The van der Waals surface area contributed by atoms with Crippen LogP contribution in [0.15, 0.2) is 40.9 Å². The number of nitrogens with zero attached hydrogens (tertiary/aromatic N) is 3. The van der Waals surface area contributed by atoms with Gasteiger partial charge in [-0.1, -0.05) is 17.3 Å². The number of rotatable bonds is 6. The second-order valence-electron chi connectivity index (χ2n) is 8.01. The van der Waals surface area contributed by atoms with Gasteiger partial charge in [-0.05, 0) is 51.5 Å². The van der Waals surface area contributed by atoms with Crippen LogP contribution in [-0.2, 0) is 10.3 Å². The minimum absolute atomic E-state index is 0.341. The fourth-order valence-corrected chi connectivity index (χ4v) is 4.05. The lowest BCUT2D eigenvalue weighted by Crippen LogP contribution is -2.41. The number of nitrogens with one attached hydrogen (secondary N) is 1. The van der Waals surface area contributed by atoms with Crippen LogP contribution >= 0.6 is 0 Å². The van der Waals surface area contributed by atoms with Crippen LogP contribution in [0.1, 0.15) is 40.0 Å². The van der Waals surface area contributed by atoms with Crippen LogP contribution in [-0.4, -0.2) is 46.0 Å². The van der Waals surface area contributed by atoms with Gasteiger partial charge in [0.25, 0.3) is 5.91 Å². The fourth-order valence-electron chi connectivity index (χ4n) is 4.05. The molecule has 1 saturated heterocycles. The van der Waals surface area contributed by atoms with Crippen molar-refractivity contribution in [3.63, 3.8) is 0 Å². The number of methoxy groups -OCH3 is 1. The van der Waals surface area contributed by atoms with Crippen molar-refractivity contribution in [3.05, 3.63) is 64.7 Å². The molecule has 3 amide bonds. The highest BCUT2D eigenvalue weighted by Gasteiger charge is 2.49. The number of carbonyl (C=O) groups excluding carboxylic acids is 3. The second kappa shape index (κ2) is 7.67. The van der Waals surface area contributed by atoms with Gasteiger partial charge in [0.05, 0.1) is 13.7 Å². The number of ether oxygens (including phenoxy) is 1. The number of hydrogen-bond acceptors (Lipinski definition) is 6. The van der Waals surface area contributed by atoms with Gasteiger partial charge in [0.2, 0.25) is 0 Å². The van der Waals surface area contributed by atoms with Crippen LogP contribution in [0.25, 0.3) is 5.82 Å². The number of amides is 3. The summed E-state index contributed by atoms with van der Waals surface area (Å²) in [5, 5.41) is 6.73. The first-order chi connectivity index (χ1) is 15.2. The molecular formula is C23H24N4O5. The van der Waals surface area contributed by atoms with Crippen LogP contribution in [0.5, 0.6) is 5.75 Å². The molecule has 2 aromatic heterocycles. The SMILES string of the molecule is COc1ccc(C2(C)NC(=O)N(CC(=O)c3cc(C)n(-c4cc(C)on4)c3C)C2=O)cc1. The first kappa shape index (κ1) is 21.4. The summed E-state index contributed by atoms with van der Waals surface area (Å²) in [5.41, 5.74) is 1.21. The third-order valence-electron chi connectivity index (χ3n) is 5.82. The lowest BCUT2D eigenvalue weighted by Gasteiger charge is -2.22. The van der Waals surface area contributed by atoms with Crippen LogP contribution < -0.4 is 10.1 Å². The van der Waals surface area contributed by atoms with Gasteiger partial charge in [-0.15, -0.1) is 0 Å². The molecule has 0 bridgehead atoms. The highest BCUT2D eigenvalue weighted by molar-refractivity contribution is 6.11. The number of aryl methyl sites for hydroxylation is 2. The third-order valence-corrected chi connectivity index (χ3v) is 5.82. The van der Waals surface area contributed by atoms with Gasteiger partial charge < -0.3 is 14.6 Å². The van der Waals surface area contributed by atoms with Crippen molar-refractivity contribution in [2.75, 3.05) is 13.7 Å². The van der Waals surface area contributed by atoms with Gasteiger partial charge in [-0.3, -0.25) is 19.1 Å². The van der Waals surface area contributed by atoms with Crippen molar-refractivity contribution in [2.45, 2.75) is 33.2 Å². The number of hydrogen-bond donors (Lipinski definition) is 1. The zero-order valence-corrected chi connectivity index (χ0v) is 18.6. The molecule has 4 rings (SSSR count). The summed E-state index contributed by atoms with van der Waals surface area (Å²) in [6, 6.07) is 9.76. The molecule has 0 aliphatic carbocycles. The van der Waals surface area contributed by atoms with E-state index in [4.69, 9.17) is 9.26 Å². The molecule has 3 aromatic rings. The lowest BCUT2D eigenvalue weighted by molar-refractivity contribution is -0.130. The molecule has 3 heterocycles. The molecule has 9 nitrogen and oxygen atoms in total. The number of benzene rings is 1. The quantitative estimate of drug-likeness (QED) is 0.470. The molecule has 32 heavy (non-hydrogen) atoms. The molecule has 0 spiro atoms. The zero-order chi connectivity index (χ0) is 23.2. The van der Waals surface area contributed by atoms with E-state index in [-0.39, 0.29) is 12.3 Å². The highest BCUT2D eigenvalue weighted by atomic mass is 16.5. The predicted octanol–water partition coefficient (Wildman–Crippen LogP) is 3.05. The minimum atomic E-state index is -1.27. The maximum Gasteiger partial charge on any atom is 0.325 e. The molecule has 1 fully saturated rings. The van der Waals surface area contributed by atoms with Crippen molar-refractivity contribution in [3.8, 4) is 11.6 Å². The van der Waals surface area contributed by atoms with E-state index in [0.29, 0.717) is 34.1 Å². The summed E-state index contributed by atoms with van der Waals surface area (Å²) in [6.45, 7) is 6.69. The Morgan fingerprint density at radius 1 is 1.16 bits per heavy atom. The maximum atomic E-state index is 13.2. The van der Waals surface area contributed by atoms with E-state index in [1.165, 1.54) is 0 Å². The van der Waals surface area contributed by atoms with Gasteiger partial charge in [0.1, 0.15) is 17.0 Å². The van der Waals surface area contributed by atoms with Crippen molar-refractivity contribution in [1.29, 1.82) is 0 Å². The molecule has 166 valence electrons. The molecule has 9 heteroatoms. The second-order valence-corrected chi connectivity index (χ2v) is 8.01. The number of carbonyl (C=O) groups is 3. The average Bonchev–Trinajstić information content (AvgIpc) is 3.38. The number of urea groups is 1. The zero-order valence-electron chi connectivity index (χ0n) is 18.6. The normalized spacial score (nSPS) is 18.2. The van der Waals surface area contributed by atoms with Crippen molar-refractivity contribution in [2.24, 2.45) is 0 Å². The molecule has 1 aliphatic heterocycles. The van der Waals surface area contributed by atoms with E-state index in [0.717, 1.165) is 10.6 Å². The summed E-state index contributed by atoms with van der Waals surface area (Å²) >= 11 is 0. The maximum absolute atomic E-state index is 13.2. The van der Waals surface area contributed by atoms with Gasteiger partial charge in [-0.25, -0.2) is 4.79 Å². The summed E-state index contributed by atoms with van der Waals surface area (Å²) in [4.78, 5) is 39.9. The molecular weight excluding hydrogens is 412 g/mol. The molecule has 0 saturated carbocycles. The Morgan fingerprint density at radius 3 is 2.44 bits per heavy atom. The number of ketones is 1. The van der Waals surface area contributed by atoms with E-state index in [2.05, 4.69) is 10.5 Å². The van der Waals surface area contributed by atoms with E-state index in [1.54, 1.807) is 68.8 Å². The summed E-state index contributed by atoms with van der Waals surface area (Å²) < 4.78 is 12.1. The van der Waals surface area contributed by atoms with E-state index < -0.39 is 17.5 Å². The number of aromatic nitrogens is 2. The molecule has 1 unspecified atom stereocenters.